The van der Waals surface area contributed by atoms with Crippen molar-refractivity contribution in [1.29, 1.82) is 0 Å². The number of sulfonamides is 1. The molecule has 1 saturated carbocycles. The molecule has 2 N–H and O–H groups in total. The maximum Gasteiger partial charge on any atom is 0.251 e. The number of hydrogen-bond donors (Lipinski definition) is 2. The molecule has 150 valence electrons. The SMILES string of the molecule is CC(CCNC(=O)c1cccc(S(=O)(=O)NC2CCCC2)c1)c1ccccc1. The summed E-state index contributed by atoms with van der Waals surface area (Å²) in [5, 5.41) is 2.90. The number of benzene rings is 2. The highest BCUT2D eigenvalue weighted by Crippen LogP contribution is 2.21. The molecule has 28 heavy (non-hydrogen) atoms. The van der Waals surface area contributed by atoms with Gasteiger partial charge >= 0.3 is 0 Å². The molecule has 2 aromatic carbocycles. The minimum absolute atomic E-state index is 0.00181. The summed E-state index contributed by atoms with van der Waals surface area (Å²) in [6, 6.07) is 16.4. The first-order chi connectivity index (χ1) is 13.5. The molecule has 1 amide bonds. The molecule has 0 spiro atoms. The standard InChI is InChI=1S/C22H28N2O3S/c1-17(18-8-3-2-4-9-18)14-15-23-22(25)19-10-7-13-21(16-19)28(26,27)24-20-11-5-6-12-20/h2-4,7-10,13,16-17,20,24H,5-6,11-12,14-15H2,1H3,(H,23,25). The van der Waals surface area contributed by atoms with Gasteiger partial charge in [-0.3, -0.25) is 4.79 Å². The van der Waals surface area contributed by atoms with E-state index in [1.54, 1.807) is 12.1 Å². The molecule has 2 aromatic rings. The number of carbonyl (C=O) groups is 1. The van der Waals surface area contributed by atoms with E-state index in [1.807, 2.05) is 18.2 Å². The van der Waals surface area contributed by atoms with Crippen molar-refractivity contribution in [3.63, 3.8) is 0 Å². The van der Waals surface area contributed by atoms with Crippen LogP contribution >= 0.6 is 0 Å². The van der Waals surface area contributed by atoms with Crippen molar-refractivity contribution in [2.75, 3.05) is 6.54 Å². The highest BCUT2D eigenvalue weighted by Gasteiger charge is 2.23. The molecule has 5 nitrogen and oxygen atoms in total. The van der Waals surface area contributed by atoms with Gasteiger partial charge in [-0.1, -0.05) is 56.2 Å². The van der Waals surface area contributed by atoms with Gasteiger partial charge in [0, 0.05) is 18.2 Å². The Labute approximate surface area is 167 Å². The average Bonchev–Trinajstić information content (AvgIpc) is 3.21. The van der Waals surface area contributed by atoms with Crippen molar-refractivity contribution in [3.05, 3.63) is 65.7 Å². The number of amides is 1. The Balaban J connectivity index is 1.57. The number of hydrogen-bond acceptors (Lipinski definition) is 3. The summed E-state index contributed by atoms with van der Waals surface area (Å²) in [6.45, 7) is 2.66. The van der Waals surface area contributed by atoms with Gasteiger partial charge in [-0.05, 0) is 48.9 Å². The van der Waals surface area contributed by atoms with Gasteiger partial charge in [0.05, 0.1) is 4.90 Å². The first-order valence-electron chi connectivity index (χ1n) is 9.91. The van der Waals surface area contributed by atoms with E-state index in [2.05, 4.69) is 29.1 Å². The maximum atomic E-state index is 12.6. The molecule has 0 radical (unpaired) electrons. The van der Waals surface area contributed by atoms with E-state index >= 15 is 0 Å². The van der Waals surface area contributed by atoms with Crippen LogP contribution in [-0.4, -0.2) is 26.9 Å². The van der Waals surface area contributed by atoms with Gasteiger partial charge in [-0.2, -0.15) is 0 Å². The molecule has 1 unspecified atom stereocenters. The van der Waals surface area contributed by atoms with Crippen LogP contribution in [0, 0.1) is 0 Å². The number of nitrogens with one attached hydrogen (secondary N) is 2. The fourth-order valence-electron chi connectivity index (χ4n) is 3.59. The van der Waals surface area contributed by atoms with Crippen LogP contribution in [0.2, 0.25) is 0 Å². The van der Waals surface area contributed by atoms with Crippen LogP contribution in [0.1, 0.15) is 60.9 Å². The molecule has 0 bridgehead atoms. The van der Waals surface area contributed by atoms with Crippen LogP contribution in [-0.2, 0) is 10.0 Å². The lowest BCUT2D eigenvalue weighted by Gasteiger charge is -2.14. The topological polar surface area (TPSA) is 75.3 Å². The predicted octanol–water partition coefficient (Wildman–Crippen LogP) is 3.83. The van der Waals surface area contributed by atoms with Crippen LogP contribution in [0.25, 0.3) is 0 Å². The third-order valence-corrected chi connectivity index (χ3v) is 6.83. The zero-order valence-corrected chi connectivity index (χ0v) is 17.0. The molecule has 6 heteroatoms. The normalized spacial score (nSPS) is 16.0. The van der Waals surface area contributed by atoms with E-state index in [-0.39, 0.29) is 16.8 Å². The first-order valence-corrected chi connectivity index (χ1v) is 11.4. The second kappa shape index (κ2) is 9.34. The second-order valence-corrected chi connectivity index (χ2v) is 9.20. The minimum Gasteiger partial charge on any atom is -0.352 e. The zero-order chi connectivity index (χ0) is 20.0. The highest BCUT2D eigenvalue weighted by molar-refractivity contribution is 7.89. The Hall–Kier alpha value is -2.18. The van der Waals surface area contributed by atoms with Crippen LogP contribution in [0.4, 0.5) is 0 Å². The Bertz CT molecular complexity index is 891. The van der Waals surface area contributed by atoms with Gasteiger partial charge in [0.25, 0.3) is 5.91 Å². The first kappa shape index (κ1) is 20.6. The summed E-state index contributed by atoms with van der Waals surface area (Å²) < 4.78 is 27.9. The molecule has 1 fully saturated rings. The Morgan fingerprint density at radius 2 is 1.79 bits per heavy atom. The van der Waals surface area contributed by atoms with Crippen LogP contribution in [0.3, 0.4) is 0 Å². The molecule has 0 heterocycles. The monoisotopic (exact) mass is 400 g/mol. The quantitative estimate of drug-likeness (QED) is 0.707. The Morgan fingerprint density at radius 3 is 2.50 bits per heavy atom. The van der Waals surface area contributed by atoms with Crippen LogP contribution in [0.15, 0.2) is 59.5 Å². The third-order valence-electron chi connectivity index (χ3n) is 5.32. The smallest absolute Gasteiger partial charge is 0.251 e. The number of carbonyl (C=O) groups excluding carboxylic acids is 1. The lowest BCUT2D eigenvalue weighted by atomic mass is 9.98. The third kappa shape index (κ3) is 5.42. The molecule has 0 aliphatic heterocycles. The highest BCUT2D eigenvalue weighted by atomic mass is 32.2. The van der Waals surface area contributed by atoms with Crippen molar-refractivity contribution in [2.45, 2.75) is 55.9 Å². The van der Waals surface area contributed by atoms with E-state index in [4.69, 9.17) is 0 Å². The second-order valence-electron chi connectivity index (χ2n) is 7.49. The van der Waals surface area contributed by atoms with Gasteiger partial charge < -0.3 is 5.32 Å². The fraction of sp³-hybridized carbons (Fsp3) is 0.409. The lowest BCUT2D eigenvalue weighted by Crippen LogP contribution is -2.33. The van der Waals surface area contributed by atoms with Gasteiger partial charge in [0.15, 0.2) is 0 Å². The van der Waals surface area contributed by atoms with E-state index < -0.39 is 10.0 Å². The van der Waals surface area contributed by atoms with Gasteiger partial charge in [-0.15, -0.1) is 0 Å². The van der Waals surface area contributed by atoms with Crippen molar-refractivity contribution >= 4 is 15.9 Å². The van der Waals surface area contributed by atoms with E-state index in [0.717, 1.165) is 32.1 Å². The van der Waals surface area contributed by atoms with E-state index in [1.165, 1.54) is 17.7 Å². The summed E-state index contributed by atoms with van der Waals surface area (Å²) in [4.78, 5) is 12.6. The van der Waals surface area contributed by atoms with Crippen molar-refractivity contribution < 1.29 is 13.2 Å². The van der Waals surface area contributed by atoms with Crippen molar-refractivity contribution in [1.82, 2.24) is 10.0 Å². The Morgan fingerprint density at radius 1 is 1.07 bits per heavy atom. The largest absolute Gasteiger partial charge is 0.352 e. The number of rotatable bonds is 8. The van der Waals surface area contributed by atoms with Gasteiger partial charge in [0.1, 0.15) is 0 Å². The fourth-order valence-corrected chi connectivity index (χ4v) is 4.94. The maximum absolute atomic E-state index is 12.6. The van der Waals surface area contributed by atoms with Crippen molar-refractivity contribution in [3.8, 4) is 0 Å². The molecule has 1 aliphatic rings. The molecule has 1 aliphatic carbocycles. The molecule has 0 aromatic heterocycles. The summed E-state index contributed by atoms with van der Waals surface area (Å²) in [5.41, 5.74) is 1.60. The molecule has 0 saturated heterocycles. The van der Waals surface area contributed by atoms with Crippen LogP contribution < -0.4 is 10.0 Å². The Kier molecular flexibility index (Phi) is 6.86. The zero-order valence-electron chi connectivity index (χ0n) is 16.2. The van der Waals surface area contributed by atoms with E-state index in [0.29, 0.717) is 18.0 Å². The molecular weight excluding hydrogens is 372 g/mol. The van der Waals surface area contributed by atoms with Gasteiger partial charge in [0.2, 0.25) is 10.0 Å². The average molecular weight is 401 g/mol. The minimum atomic E-state index is -3.60. The van der Waals surface area contributed by atoms with Crippen molar-refractivity contribution in [2.24, 2.45) is 0 Å². The predicted molar refractivity (Wildman–Crippen MR) is 111 cm³/mol. The summed E-state index contributed by atoms with van der Waals surface area (Å²) in [6.07, 6.45) is 4.67. The molecular formula is C22H28N2O3S. The summed E-state index contributed by atoms with van der Waals surface area (Å²) in [5.74, 6) is 0.0852. The molecule has 1 atom stereocenters. The van der Waals surface area contributed by atoms with Gasteiger partial charge in [-0.25, -0.2) is 13.1 Å². The van der Waals surface area contributed by atoms with Crippen LogP contribution in [0.5, 0.6) is 0 Å². The summed E-state index contributed by atoms with van der Waals surface area (Å²) >= 11 is 0. The molecule has 3 rings (SSSR count). The lowest BCUT2D eigenvalue weighted by molar-refractivity contribution is 0.0952. The summed E-state index contributed by atoms with van der Waals surface area (Å²) in [7, 11) is -3.60. The van der Waals surface area contributed by atoms with E-state index in [9.17, 15) is 13.2 Å².